The van der Waals surface area contributed by atoms with Gasteiger partial charge < -0.3 is 15.1 Å². The molecule has 0 aliphatic carbocycles. The van der Waals surface area contributed by atoms with Crippen LogP contribution < -0.4 is 5.32 Å². The Morgan fingerprint density at radius 2 is 1.90 bits per heavy atom. The molecule has 2 amide bonds. The van der Waals surface area contributed by atoms with E-state index in [-0.39, 0.29) is 11.8 Å². The first-order valence-corrected chi connectivity index (χ1v) is 9.92. The van der Waals surface area contributed by atoms with Crippen molar-refractivity contribution < 1.29 is 9.59 Å². The van der Waals surface area contributed by atoms with Crippen molar-refractivity contribution in [3.63, 3.8) is 0 Å². The highest BCUT2D eigenvalue weighted by Crippen LogP contribution is 2.42. The number of hydrogen-bond donors (Lipinski definition) is 1. The maximum absolute atomic E-state index is 13.4. The lowest BCUT2D eigenvalue weighted by molar-refractivity contribution is -0.133. The summed E-state index contributed by atoms with van der Waals surface area (Å²) in [6, 6.07) is 14.8. The van der Waals surface area contributed by atoms with Gasteiger partial charge in [-0.3, -0.25) is 14.6 Å². The van der Waals surface area contributed by atoms with E-state index >= 15 is 0 Å². The lowest BCUT2D eigenvalue weighted by Gasteiger charge is -2.33. The van der Waals surface area contributed by atoms with Crippen LogP contribution in [0.25, 0.3) is 0 Å². The van der Waals surface area contributed by atoms with E-state index in [2.05, 4.69) is 10.3 Å². The summed E-state index contributed by atoms with van der Waals surface area (Å²) in [6.07, 6.45) is 2.00. The second-order valence-electron chi connectivity index (χ2n) is 8.05. The monoisotopic (exact) mass is 390 g/mol. The van der Waals surface area contributed by atoms with Crippen molar-refractivity contribution in [3.05, 3.63) is 77.3 Å². The zero-order valence-corrected chi connectivity index (χ0v) is 17.1. The molecule has 0 fully saturated rings. The fraction of sp³-hybridized carbons (Fsp3) is 0.348. The van der Waals surface area contributed by atoms with Crippen LogP contribution in [0.1, 0.15) is 31.1 Å². The number of hydrogen-bond acceptors (Lipinski definition) is 4. The van der Waals surface area contributed by atoms with Crippen molar-refractivity contribution in [2.24, 2.45) is 0 Å². The van der Waals surface area contributed by atoms with E-state index in [0.717, 1.165) is 11.3 Å². The summed E-state index contributed by atoms with van der Waals surface area (Å²) in [4.78, 5) is 34.7. The average Bonchev–Trinajstić information content (AvgIpc) is 2.88. The normalized spacial score (nSPS) is 20.9. The van der Waals surface area contributed by atoms with E-state index in [9.17, 15) is 9.59 Å². The molecular weight excluding hydrogens is 364 g/mol. The van der Waals surface area contributed by atoms with Gasteiger partial charge in [-0.2, -0.15) is 0 Å². The van der Waals surface area contributed by atoms with Gasteiger partial charge >= 0.3 is 0 Å². The third kappa shape index (κ3) is 3.28. The van der Waals surface area contributed by atoms with Crippen molar-refractivity contribution in [3.8, 4) is 0 Å². The second kappa shape index (κ2) is 7.35. The van der Waals surface area contributed by atoms with Crippen molar-refractivity contribution in [1.82, 2.24) is 20.1 Å². The summed E-state index contributed by atoms with van der Waals surface area (Å²) in [7, 11) is 1.81. The molecular formula is C23H26N4O2. The van der Waals surface area contributed by atoms with Crippen molar-refractivity contribution in [2.75, 3.05) is 20.1 Å². The summed E-state index contributed by atoms with van der Waals surface area (Å²) in [5.74, 6) is -0.0740. The molecule has 1 atom stereocenters. The zero-order chi connectivity index (χ0) is 20.6. The number of nitrogens with one attached hydrogen (secondary N) is 1. The summed E-state index contributed by atoms with van der Waals surface area (Å²) in [5.41, 5.74) is 2.71. The largest absolute Gasteiger partial charge is 0.384 e. The van der Waals surface area contributed by atoms with E-state index in [1.807, 2.05) is 69.4 Å². The SMILES string of the molecule is CN1C(=O)C2=C(NCCN(C(=O)Cc3ccccc3)C2c2ccccn2)C1(C)C. The van der Waals surface area contributed by atoms with Crippen LogP contribution in [0.15, 0.2) is 66.0 Å². The minimum Gasteiger partial charge on any atom is -0.384 e. The van der Waals surface area contributed by atoms with Crippen LogP contribution in [-0.2, 0) is 16.0 Å². The Kier molecular flexibility index (Phi) is 4.86. The Labute approximate surface area is 171 Å². The maximum Gasteiger partial charge on any atom is 0.254 e. The smallest absolute Gasteiger partial charge is 0.254 e. The number of carbonyl (C=O) groups excluding carboxylic acids is 2. The molecule has 3 heterocycles. The van der Waals surface area contributed by atoms with Crippen LogP contribution in [0.4, 0.5) is 0 Å². The number of pyridine rings is 1. The van der Waals surface area contributed by atoms with Gasteiger partial charge in [-0.05, 0) is 31.5 Å². The molecule has 2 aliphatic heterocycles. The molecule has 150 valence electrons. The lowest BCUT2D eigenvalue weighted by atomic mass is 9.95. The zero-order valence-electron chi connectivity index (χ0n) is 17.1. The van der Waals surface area contributed by atoms with Crippen molar-refractivity contribution in [2.45, 2.75) is 31.8 Å². The maximum atomic E-state index is 13.4. The molecule has 0 radical (unpaired) electrons. The number of rotatable bonds is 3. The molecule has 0 spiro atoms. The van der Waals surface area contributed by atoms with Gasteiger partial charge in [0.15, 0.2) is 0 Å². The van der Waals surface area contributed by atoms with Gasteiger partial charge in [-0.15, -0.1) is 0 Å². The van der Waals surface area contributed by atoms with Gasteiger partial charge in [-0.1, -0.05) is 36.4 Å². The van der Waals surface area contributed by atoms with Crippen LogP contribution in [0.5, 0.6) is 0 Å². The summed E-state index contributed by atoms with van der Waals surface area (Å²) in [5, 5.41) is 3.44. The fourth-order valence-electron chi connectivity index (χ4n) is 4.18. The Bertz CT molecular complexity index is 953. The van der Waals surface area contributed by atoms with E-state index < -0.39 is 11.6 Å². The van der Waals surface area contributed by atoms with Crippen LogP contribution in [0.2, 0.25) is 0 Å². The quantitative estimate of drug-likeness (QED) is 0.873. The molecule has 0 saturated carbocycles. The minimum absolute atomic E-state index is 0.0115. The van der Waals surface area contributed by atoms with Crippen molar-refractivity contribution >= 4 is 11.8 Å². The molecule has 1 aromatic carbocycles. The molecule has 0 saturated heterocycles. The molecule has 6 nitrogen and oxygen atoms in total. The summed E-state index contributed by atoms with van der Waals surface area (Å²) in [6.45, 7) is 5.15. The summed E-state index contributed by atoms with van der Waals surface area (Å²) >= 11 is 0. The number of nitrogens with zero attached hydrogens (tertiary/aromatic N) is 3. The van der Waals surface area contributed by atoms with Crippen LogP contribution >= 0.6 is 0 Å². The first-order chi connectivity index (χ1) is 13.9. The molecule has 4 rings (SSSR count). The molecule has 1 N–H and O–H groups in total. The van der Waals surface area contributed by atoms with Gasteiger partial charge in [0.25, 0.3) is 5.91 Å². The van der Waals surface area contributed by atoms with Gasteiger partial charge in [0.2, 0.25) is 5.91 Å². The van der Waals surface area contributed by atoms with E-state index in [1.165, 1.54) is 0 Å². The highest BCUT2D eigenvalue weighted by molar-refractivity contribution is 6.00. The topological polar surface area (TPSA) is 65.5 Å². The molecule has 2 aromatic rings. The fourth-order valence-corrected chi connectivity index (χ4v) is 4.18. The standard InChI is InChI=1S/C23H26N4O2/c1-23(2)21-19(22(29)26(23)3)20(17-11-7-8-12-24-17)27(14-13-25-21)18(28)15-16-9-5-4-6-10-16/h4-12,20,25H,13-15H2,1-3H3. The highest BCUT2D eigenvalue weighted by atomic mass is 16.2. The van der Waals surface area contributed by atoms with Crippen LogP contribution in [0, 0.1) is 0 Å². The molecule has 6 heteroatoms. The molecule has 29 heavy (non-hydrogen) atoms. The highest BCUT2D eigenvalue weighted by Gasteiger charge is 2.49. The summed E-state index contributed by atoms with van der Waals surface area (Å²) < 4.78 is 0. The third-order valence-corrected chi connectivity index (χ3v) is 5.98. The first kappa shape index (κ1) is 19.2. The van der Waals surface area contributed by atoms with Gasteiger partial charge in [0, 0.05) is 32.0 Å². The second-order valence-corrected chi connectivity index (χ2v) is 8.05. The van der Waals surface area contributed by atoms with Crippen LogP contribution in [-0.4, -0.2) is 52.3 Å². The molecule has 1 unspecified atom stereocenters. The Morgan fingerprint density at radius 3 is 2.59 bits per heavy atom. The molecule has 1 aromatic heterocycles. The van der Waals surface area contributed by atoms with E-state index in [0.29, 0.717) is 30.8 Å². The molecule has 2 aliphatic rings. The Morgan fingerprint density at radius 1 is 1.17 bits per heavy atom. The molecule has 0 bridgehead atoms. The Balaban J connectivity index is 1.79. The van der Waals surface area contributed by atoms with Crippen LogP contribution in [0.3, 0.4) is 0 Å². The third-order valence-electron chi connectivity index (χ3n) is 5.98. The predicted molar refractivity (Wildman–Crippen MR) is 111 cm³/mol. The van der Waals surface area contributed by atoms with E-state index in [1.54, 1.807) is 16.0 Å². The predicted octanol–water partition coefficient (Wildman–Crippen LogP) is 2.30. The number of benzene rings is 1. The lowest BCUT2D eigenvalue weighted by Crippen LogP contribution is -2.46. The van der Waals surface area contributed by atoms with Gasteiger partial charge in [-0.25, -0.2) is 0 Å². The first-order valence-electron chi connectivity index (χ1n) is 9.92. The number of likely N-dealkylation sites (N-methyl/N-ethyl adjacent to an activating group) is 1. The van der Waals surface area contributed by atoms with Gasteiger partial charge in [0.1, 0.15) is 6.04 Å². The van der Waals surface area contributed by atoms with Gasteiger partial charge in [0.05, 0.1) is 23.2 Å². The number of carbonyl (C=O) groups is 2. The average molecular weight is 390 g/mol. The van der Waals surface area contributed by atoms with Crippen molar-refractivity contribution in [1.29, 1.82) is 0 Å². The Hall–Kier alpha value is -3.15. The van der Waals surface area contributed by atoms with E-state index in [4.69, 9.17) is 0 Å². The number of aromatic nitrogens is 1. The minimum atomic E-state index is -0.505. The number of amides is 2.